The zero-order valence-corrected chi connectivity index (χ0v) is 20.0. The number of nitrogens with one attached hydrogen (secondary N) is 2. The van der Waals surface area contributed by atoms with E-state index in [4.69, 9.17) is 25.4 Å². The van der Waals surface area contributed by atoms with Crippen molar-refractivity contribution in [3.05, 3.63) is 52.1 Å². The van der Waals surface area contributed by atoms with Gasteiger partial charge in [-0.15, -0.1) is 6.42 Å². The van der Waals surface area contributed by atoms with E-state index in [0.29, 0.717) is 44.6 Å². The van der Waals surface area contributed by atoms with Crippen molar-refractivity contribution in [1.82, 2.24) is 15.3 Å². The summed E-state index contributed by atoms with van der Waals surface area (Å²) >= 11 is 1.28. The molecular formula is C23H31N3O6S. The summed E-state index contributed by atoms with van der Waals surface area (Å²) in [7, 11) is 3.25. The van der Waals surface area contributed by atoms with Crippen LogP contribution < -0.4 is 15.7 Å². The van der Waals surface area contributed by atoms with Crippen LogP contribution in [0.4, 0.5) is 0 Å². The van der Waals surface area contributed by atoms with Gasteiger partial charge in [0.1, 0.15) is 12.4 Å². The Morgan fingerprint density at radius 1 is 1.15 bits per heavy atom. The minimum absolute atomic E-state index is 0.0992. The van der Waals surface area contributed by atoms with Crippen LogP contribution in [0, 0.1) is 19.3 Å². The lowest BCUT2D eigenvalue weighted by Crippen LogP contribution is -2.24. The molecular weight excluding hydrogens is 446 g/mol. The maximum atomic E-state index is 11.8. The van der Waals surface area contributed by atoms with E-state index in [9.17, 15) is 9.59 Å². The molecule has 9 nitrogen and oxygen atoms in total. The predicted molar refractivity (Wildman–Crippen MR) is 128 cm³/mol. The predicted octanol–water partition coefficient (Wildman–Crippen LogP) is 1.79. The molecule has 10 heteroatoms. The number of terminal acetylenes is 1. The normalized spacial score (nSPS) is 10.0. The average Bonchev–Trinajstić information content (AvgIpc) is 2.83. The lowest BCUT2D eigenvalue weighted by molar-refractivity contribution is -0.118. The van der Waals surface area contributed by atoms with Crippen molar-refractivity contribution in [2.24, 2.45) is 0 Å². The monoisotopic (exact) mass is 477 g/mol. The Bertz CT molecular complexity index is 912. The van der Waals surface area contributed by atoms with Crippen LogP contribution in [0.3, 0.4) is 0 Å². The summed E-state index contributed by atoms with van der Waals surface area (Å²) in [6.07, 6.45) is 6.45. The molecule has 33 heavy (non-hydrogen) atoms. The minimum Gasteiger partial charge on any atom is -0.497 e. The maximum Gasteiger partial charge on any atom is 0.345 e. The van der Waals surface area contributed by atoms with Crippen LogP contribution in [0.2, 0.25) is 0 Å². The number of carbonyl (C=O) groups excluding carboxylic acids is 1. The number of aromatic amines is 1. The zero-order chi connectivity index (χ0) is 24.3. The van der Waals surface area contributed by atoms with Gasteiger partial charge >= 0.3 is 5.69 Å². The van der Waals surface area contributed by atoms with Crippen LogP contribution in [0.5, 0.6) is 5.75 Å². The number of nitrogens with zero attached hydrogens (tertiary/aromatic N) is 1. The highest BCUT2D eigenvalue weighted by atomic mass is 32.2. The fourth-order valence-electron chi connectivity index (χ4n) is 2.22. The van der Waals surface area contributed by atoms with E-state index in [1.54, 1.807) is 14.2 Å². The topological polar surface area (TPSA) is 112 Å². The van der Waals surface area contributed by atoms with Crippen molar-refractivity contribution in [2.75, 3.05) is 53.0 Å². The number of methoxy groups -OCH3 is 2. The molecule has 1 amide bonds. The molecule has 0 bridgehead atoms. The number of hydrogen-bond acceptors (Lipinski definition) is 8. The van der Waals surface area contributed by atoms with Gasteiger partial charge in [0.2, 0.25) is 5.91 Å². The maximum absolute atomic E-state index is 11.8. The number of benzene rings is 1. The van der Waals surface area contributed by atoms with Gasteiger partial charge in [-0.3, -0.25) is 4.79 Å². The number of thioether (sulfide) groups is 1. The van der Waals surface area contributed by atoms with E-state index >= 15 is 0 Å². The Morgan fingerprint density at radius 3 is 2.52 bits per heavy atom. The van der Waals surface area contributed by atoms with E-state index in [2.05, 4.69) is 21.2 Å². The Morgan fingerprint density at radius 2 is 1.85 bits per heavy atom. The van der Waals surface area contributed by atoms with Crippen molar-refractivity contribution >= 4 is 17.7 Å². The number of ether oxygens (including phenoxy) is 4. The van der Waals surface area contributed by atoms with E-state index in [1.165, 1.54) is 18.0 Å². The molecule has 0 fully saturated rings. The molecule has 0 aliphatic rings. The van der Waals surface area contributed by atoms with Gasteiger partial charge in [0.15, 0.2) is 0 Å². The number of hydrogen-bond donors (Lipinski definition) is 2. The van der Waals surface area contributed by atoms with E-state index in [1.807, 2.05) is 31.2 Å². The van der Waals surface area contributed by atoms with Crippen molar-refractivity contribution in [1.29, 1.82) is 0 Å². The number of H-pyrrole nitrogens is 1. The van der Waals surface area contributed by atoms with Gasteiger partial charge in [0.25, 0.3) is 0 Å². The van der Waals surface area contributed by atoms with E-state index in [-0.39, 0.29) is 11.7 Å². The zero-order valence-electron chi connectivity index (χ0n) is 19.2. The van der Waals surface area contributed by atoms with Crippen molar-refractivity contribution in [2.45, 2.75) is 18.5 Å². The SMILES string of the molecule is C#CCOCCOCCOC.COc1ccc(CNC(=O)CSc2[nH]c(=O)ncc2C)cc1. The van der Waals surface area contributed by atoms with E-state index in [0.717, 1.165) is 16.9 Å². The molecule has 0 unspecified atom stereocenters. The number of rotatable bonds is 13. The highest BCUT2D eigenvalue weighted by Crippen LogP contribution is 2.17. The van der Waals surface area contributed by atoms with Crippen molar-refractivity contribution in [3.63, 3.8) is 0 Å². The van der Waals surface area contributed by atoms with Gasteiger partial charge in [-0.25, -0.2) is 9.78 Å². The first-order valence-electron chi connectivity index (χ1n) is 10.2. The van der Waals surface area contributed by atoms with Crippen LogP contribution in [0.15, 0.2) is 40.3 Å². The standard InChI is InChI=1S/C15H17N3O3S.C8H14O3/c1-10-7-17-15(20)18-14(10)22-9-13(19)16-8-11-3-5-12(21-2)6-4-11;1-3-4-10-7-8-11-6-5-9-2/h3-7H,8-9H2,1-2H3,(H,16,19)(H,17,18,20);1H,4-8H2,2H3. The molecule has 2 N–H and O–H groups in total. The fourth-order valence-corrected chi connectivity index (χ4v) is 3.04. The molecule has 0 atom stereocenters. The van der Waals surface area contributed by atoms with Crippen molar-refractivity contribution < 1.29 is 23.7 Å². The quantitative estimate of drug-likeness (QED) is 0.194. The molecule has 0 radical (unpaired) electrons. The summed E-state index contributed by atoms with van der Waals surface area (Å²) in [4.78, 5) is 29.2. The van der Waals surface area contributed by atoms with Crippen molar-refractivity contribution in [3.8, 4) is 18.1 Å². The summed E-state index contributed by atoms with van der Waals surface area (Å²) in [6.45, 7) is 4.99. The number of aromatic nitrogens is 2. The van der Waals surface area contributed by atoms with Crippen LogP contribution in [0.25, 0.3) is 0 Å². The summed E-state index contributed by atoms with van der Waals surface area (Å²) in [5.41, 5.74) is 1.42. The molecule has 0 aliphatic heterocycles. The molecule has 0 aliphatic carbocycles. The molecule has 0 saturated carbocycles. The lowest BCUT2D eigenvalue weighted by Gasteiger charge is -2.07. The first-order chi connectivity index (χ1) is 16.0. The molecule has 0 saturated heterocycles. The highest BCUT2D eigenvalue weighted by Gasteiger charge is 2.06. The molecule has 1 heterocycles. The third kappa shape index (κ3) is 13.3. The average molecular weight is 478 g/mol. The molecule has 2 aromatic rings. The van der Waals surface area contributed by atoms with Crippen LogP contribution in [-0.2, 0) is 25.5 Å². The Balaban J connectivity index is 0.000000420. The molecule has 2 rings (SSSR count). The summed E-state index contributed by atoms with van der Waals surface area (Å²) in [5, 5.41) is 3.50. The molecule has 1 aromatic heterocycles. The second kappa shape index (κ2) is 17.7. The van der Waals surface area contributed by atoms with Crippen LogP contribution >= 0.6 is 11.8 Å². The summed E-state index contributed by atoms with van der Waals surface area (Å²) < 4.78 is 19.9. The van der Waals surface area contributed by atoms with Gasteiger partial charge < -0.3 is 29.2 Å². The number of amides is 1. The first-order valence-corrected chi connectivity index (χ1v) is 11.1. The number of carbonyl (C=O) groups is 1. The fraction of sp³-hybridized carbons (Fsp3) is 0.435. The first kappa shape index (κ1) is 28.2. The molecule has 1 aromatic carbocycles. The lowest BCUT2D eigenvalue weighted by atomic mass is 10.2. The van der Waals surface area contributed by atoms with Gasteiger partial charge in [0.05, 0.1) is 44.3 Å². The Labute approximate surface area is 198 Å². The third-order valence-electron chi connectivity index (χ3n) is 3.94. The van der Waals surface area contributed by atoms with Gasteiger partial charge in [0, 0.05) is 19.9 Å². The second-order valence-electron chi connectivity index (χ2n) is 6.48. The highest BCUT2D eigenvalue weighted by molar-refractivity contribution is 7.99. The Kier molecular flexibility index (Phi) is 15.1. The van der Waals surface area contributed by atoms with Gasteiger partial charge in [-0.05, 0) is 30.2 Å². The second-order valence-corrected chi connectivity index (χ2v) is 7.46. The third-order valence-corrected chi connectivity index (χ3v) is 5.06. The summed E-state index contributed by atoms with van der Waals surface area (Å²) in [5.74, 6) is 3.28. The van der Waals surface area contributed by atoms with Gasteiger partial charge in [-0.1, -0.05) is 29.8 Å². The minimum atomic E-state index is -0.410. The number of aryl methyl sites for hydroxylation is 1. The van der Waals surface area contributed by atoms with Gasteiger partial charge in [-0.2, -0.15) is 0 Å². The summed E-state index contributed by atoms with van der Waals surface area (Å²) in [6, 6.07) is 7.50. The van der Waals surface area contributed by atoms with E-state index < -0.39 is 5.69 Å². The molecule has 180 valence electrons. The van der Waals surface area contributed by atoms with Crippen LogP contribution in [-0.4, -0.2) is 68.9 Å². The smallest absolute Gasteiger partial charge is 0.345 e. The molecule has 0 spiro atoms. The van der Waals surface area contributed by atoms with Crippen LogP contribution in [0.1, 0.15) is 11.1 Å². The Hall–Kier alpha value is -2.84. The largest absolute Gasteiger partial charge is 0.497 e.